The second-order valence-electron chi connectivity index (χ2n) is 8.35. The van der Waals surface area contributed by atoms with Gasteiger partial charge in [-0.3, -0.25) is 9.25 Å². The van der Waals surface area contributed by atoms with Crippen LogP contribution in [0.1, 0.15) is 26.5 Å². The number of aromatic nitrogens is 4. The molecule has 0 spiro atoms. The van der Waals surface area contributed by atoms with Crippen LogP contribution in [0.2, 0.25) is 0 Å². The fourth-order valence-electron chi connectivity index (χ4n) is 3.70. The van der Waals surface area contributed by atoms with Crippen molar-refractivity contribution in [2.24, 2.45) is 7.05 Å². The monoisotopic (exact) mass is 426 g/mol. The van der Waals surface area contributed by atoms with Gasteiger partial charge in [0, 0.05) is 25.2 Å². The van der Waals surface area contributed by atoms with Gasteiger partial charge in [0.1, 0.15) is 40.9 Å². The van der Waals surface area contributed by atoms with Gasteiger partial charge < -0.3 is 9.47 Å². The maximum Gasteiger partial charge on any atom is 0.144 e. The predicted molar refractivity (Wildman–Crippen MR) is 115 cm³/mol. The van der Waals surface area contributed by atoms with E-state index < -0.39 is 11.6 Å². The Balaban J connectivity index is 1.91. The molecule has 0 unspecified atom stereocenters. The third-order valence-corrected chi connectivity index (χ3v) is 4.86. The molecule has 4 rings (SSSR count). The van der Waals surface area contributed by atoms with Crippen molar-refractivity contribution in [3.63, 3.8) is 0 Å². The second-order valence-corrected chi connectivity index (χ2v) is 8.35. The van der Waals surface area contributed by atoms with Crippen molar-refractivity contribution in [3.8, 4) is 28.4 Å². The average molecular weight is 426 g/mol. The van der Waals surface area contributed by atoms with Crippen molar-refractivity contribution in [3.05, 3.63) is 54.0 Å². The molecule has 2 heterocycles. The smallest absolute Gasteiger partial charge is 0.144 e. The summed E-state index contributed by atoms with van der Waals surface area (Å²) in [5.74, 6) is -0.133. The van der Waals surface area contributed by atoms with Crippen LogP contribution in [0.25, 0.3) is 28.0 Å². The number of methoxy groups -OCH3 is 1. The molecule has 0 atom stereocenters. The van der Waals surface area contributed by atoms with E-state index in [1.807, 2.05) is 39.0 Å². The third-order valence-electron chi connectivity index (χ3n) is 4.86. The lowest BCUT2D eigenvalue weighted by Gasteiger charge is -2.21. The van der Waals surface area contributed by atoms with Crippen LogP contribution >= 0.6 is 0 Å². The molecule has 0 N–H and O–H groups in total. The second kappa shape index (κ2) is 7.37. The summed E-state index contributed by atoms with van der Waals surface area (Å²) in [7, 11) is 3.10. The summed E-state index contributed by atoms with van der Waals surface area (Å²) >= 11 is 0. The molecule has 0 aliphatic carbocycles. The van der Waals surface area contributed by atoms with E-state index in [4.69, 9.17) is 9.47 Å². The van der Waals surface area contributed by atoms with Crippen LogP contribution in [-0.4, -0.2) is 32.0 Å². The van der Waals surface area contributed by atoms with Crippen molar-refractivity contribution in [2.75, 3.05) is 7.11 Å². The Bertz CT molecular complexity index is 1260. The number of fused-ring (bicyclic) bond motifs is 1. The summed E-state index contributed by atoms with van der Waals surface area (Å²) < 4.78 is 44.1. The van der Waals surface area contributed by atoms with E-state index >= 15 is 0 Å². The zero-order valence-corrected chi connectivity index (χ0v) is 18.3. The number of benzene rings is 2. The van der Waals surface area contributed by atoms with Gasteiger partial charge in [0.15, 0.2) is 0 Å². The molecule has 162 valence electrons. The van der Waals surface area contributed by atoms with E-state index in [2.05, 4.69) is 10.1 Å². The van der Waals surface area contributed by atoms with Gasteiger partial charge in [-0.25, -0.2) is 13.8 Å². The molecule has 0 aliphatic rings. The number of nitrogens with zero attached hydrogens (tertiary/aromatic N) is 4. The molecule has 2 aromatic heterocycles. The molecule has 8 heteroatoms. The number of halogens is 2. The first-order chi connectivity index (χ1) is 14.6. The summed E-state index contributed by atoms with van der Waals surface area (Å²) in [5, 5.41) is 4.42. The summed E-state index contributed by atoms with van der Waals surface area (Å²) in [6.45, 7) is 7.63. The fourth-order valence-corrected chi connectivity index (χ4v) is 3.70. The molecular formula is C23H24F2N4O2. The van der Waals surface area contributed by atoms with Crippen LogP contribution in [0, 0.1) is 18.6 Å². The number of rotatable bonds is 4. The number of hydrogen-bond donors (Lipinski definition) is 0. The van der Waals surface area contributed by atoms with Gasteiger partial charge in [0.05, 0.1) is 35.0 Å². The van der Waals surface area contributed by atoms with E-state index in [1.165, 1.54) is 7.11 Å². The zero-order valence-electron chi connectivity index (χ0n) is 18.3. The summed E-state index contributed by atoms with van der Waals surface area (Å²) in [5.41, 5.74) is 1.81. The molecule has 0 fully saturated rings. The lowest BCUT2D eigenvalue weighted by Crippen LogP contribution is -2.22. The Morgan fingerprint density at radius 1 is 0.968 bits per heavy atom. The van der Waals surface area contributed by atoms with E-state index in [0.29, 0.717) is 28.3 Å². The highest BCUT2D eigenvalue weighted by molar-refractivity contribution is 5.83. The standard InChI is InChI=1S/C23H24F2N4O2/c1-13-20(21-16(24)9-15(30-6)10-17(21)25)22(28(5)27-13)29-12-26-18-11-14(7-8-19(18)29)31-23(2,3)4/h7-12H,1-6H3. The lowest BCUT2D eigenvalue weighted by atomic mass is 10.0. The van der Waals surface area contributed by atoms with Crippen molar-refractivity contribution in [1.29, 1.82) is 0 Å². The van der Waals surface area contributed by atoms with E-state index in [9.17, 15) is 8.78 Å². The Labute approximate surface area is 179 Å². The van der Waals surface area contributed by atoms with Gasteiger partial charge in [0.2, 0.25) is 0 Å². The minimum Gasteiger partial charge on any atom is -0.497 e. The van der Waals surface area contributed by atoms with Crippen molar-refractivity contribution in [2.45, 2.75) is 33.3 Å². The molecule has 0 saturated heterocycles. The number of hydrogen-bond acceptors (Lipinski definition) is 4. The molecule has 0 bridgehead atoms. The predicted octanol–water partition coefficient (Wildman–Crippen LogP) is 5.20. The highest BCUT2D eigenvalue weighted by Crippen LogP contribution is 2.37. The highest BCUT2D eigenvalue weighted by atomic mass is 19.1. The van der Waals surface area contributed by atoms with Gasteiger partial charge in [0.25, 0.3) is 0 Å². The fraction of sp³-hybridized carbons (Fsp3) is 0.304. The molecule has 6 nitrogen and oxygen atoms in total. The topological polar surface area (TPSA) is 54.1 Å². The maximum absolute atomic E-state index is 14.9. The van der Waals surface area contributed by atoms with Crippen LogP contribution < -0.4 is 9.47 Å². The molecule has 0 aliphatic heterocycles. The Kier molecular flexibility index (Phi) is 4.95. The summed E-state index contributed by atoms with van der Waals surface area (Å²) in [6.07, 6.45) is 1.62. The molecule has 31 heavy (non-hydrogen) atoms. The first kappa shape index (κ1) is 20.8. The van der Waals surface area contributed by atoms with Gasteiger partial charge in [-0.1, -0.05) is 0 Å². The van der Waals surface area contributed by atoms with Crippen molar-refractivity contribution >= 4 is 11.0 Å². The van der Waals surface area contributed by atoms with Crippen LogP contribution in [0.15, 0.2) is 36.7 Å². The van der Waals surface area contributed by atoms with E-state index in [1.54, 1.807) is 29.5 Å². The normalized spacial score (nSPS) is 11.9. The van der Waals surface area contributed by atoms with E-state index in [-0.39, 0.29) is 16.9 Å². The van der Waals surface area contributed by atoms with Gasteiger partial charge >= 0.3 is 0 Å². The molecule has 2 aromatic carbocycles. The summed E-state index contributed by atoms with van der Waals surface area (Å²) in [4.78, 5) is 4.48. The van der Waals surface area contributed by atoms with Crippen LogP contribution in [0.4, 0.5) is 8.78 Å². The van der Waals surface area contributed by atoms with Crippen LogP contribution in [0.3, 0.4) is 0 Å². The molecule has 4 aromatic rings. The van der Waals surface area contributed by atoms with Gasteiger partial charge in [-0.05, 0) is 39.8 Å². The first-order valence-corrected chi connectivity index (χ1v) is 9.82. The zero-order chi connectivity index (χ0) is 22.5. The molecular weight excluding hydrogens is 402 g/mol. The van der Waals surface area contributed by atoms with E-state index in [0.717, 1.165) is 17.6 Å². The Morgan fingerprint density at radius 3 is 2.26 bits per heavy atom. The first-order valence-electron chi connectivity index (χ1n) is 9.82. The molecule has 0 amide bonds. The quantitative estimate of drug-likeness (QED) is 0.450. The minimum atomic E-state index is -0.723. The number of imidazole rings is 1. The van der Waals surface area contributed by atoms with Crippen molar-refractivity contribution < 1.29 is 18.3 Å². The largest absolute Gasteiger partial charge is 0.497 e. The van der Waals surface area contributed by atoms with Gasteiger partial charge in [-0.15, -0.1) is 0 Å². The molecule has 0 saturated carbocycles. The maximum atomic E-state index is 14.9. The number of ether oxygens (including phenoxy) is 2. The summed E-state index contributed by atoms with van der Waals surface area (Å²) in [6, 6.07) is 7.89. The van der Waals surface area contributed by atoms with Crippen LogP contribution in [-0.2, 0) is 7.05 Å². The SMILES string of the molecule is COc1cc(F)c(-c2c(C)nn(C)c2-n2cnc3cc(OC(C)(C)C)ccc32)c(F)c1. The Morgan fingerprint density at radius 2 is 1.65 bits per heavy atom. The lowest BCUT2D eigenvalue weighted by molar-refractivity contribution is 0.131. The minimum absolute atomic E-state index is 0.112. The average Bonchev–Trinajstić information content (AvgIpc) is 3.19. The van der Waals surface area contributed by atoms with Crippen molar-refractivity contribution in [1.82, 2.24) is 19.3 Å². The number of aryl methyl sites for hydroxylation is 2. The van der Waals surface area contributed by atoms with Gasteiger partial charge in [-0.2, -0.15) is 5.10 Å². The third kappa shape index (κ3) is 3.73. The highest BCUT2D eigenvalue weighted by Gasteiger charge is 2.25. The van der Waals surface area contributed by atoms with Crippen LogP contribution in [0.5, 0.6) is 11.5 Å². The molecule has 0 radical (unpaired) electrons. The Hall–Kier alpha value is -3.42.